The summed E-state index contributed by atoms with van der Waals surface area (Å²) in [6.45, 7) is 73.3. The third-order valence-electron chi connectivity index (χ3n) is 23.0. The molecule has 0 aliphatic heterocycles. The molecule has 0 spiro atoms. The Bertz CT molecular complexity index is 5870. The van der Waals surface area contributed by atoms with Crippen LogP contribution in [0.5, 0.6) is 5.75 Å². The van der Waals surface area contributed by atoms with Crippen LogP contribution in [0.15, 0.2) is 217 Å². The van der Waals surface area contributed by atoms with Crippen LogP contribution in [0.25, 0.3) is 43.1 Å². The number of aryl methyl sites for hydroxylation is 5. The standard InChI is InChI=1S/C16H24O.C15H20.C14H19NS.C13H15FN2.C13H16N2S.C13H16O.C13H20O.C13H20S.C11H15NO2/c1-12(2)9-15(17)11-13-7-6-8-14(10-13)16(3,4)5;1-15(2,3)11-10-13-9-8-12-6-4-5-7-14(12)13;1-14(2,3)10-6-9-13-15-11-7-4-5-8-12(11)16-13;1-13(2,3)12-7-8-16(15-12)11-6-4-5-10(14)9-11;1-9-11(13(2,3)4)16-12(15-9)10-7-5-6-8-14-10;1-9-10-7-5-6-8-11(10)14-12(9)13(2,3)4;1-5-11-8-6-7-9-12(11)14-10-13(2,3)4;1-9-5-6-11-10(7-9)8-12(14-11)13(2,3)4;1-11(2,3)9-5-8(6-12-7-9)10(13)14-4/h6-8,10,12H,9,11H2,1-5H3;4-7,9H,8,10-11H2,1-3H3;4-5,7-8H,6,9-10H2,1-3H3;4-9H,1-3H3;5-8H,1-4H3;5-8H,1-4H3;6-9H,5,10H2,1-4H3;8-9H,5-7H2,1-4H3;5-7H,1-4H3. The van der Waals surface area contributed by atoms with E-state index in [1.807, 2.05) is 102 Å². The average Bonchev–Trinajstić information content (AvgIpc) is 1.62. The highest BCUT2D eigenvalue weighted by atomic mass is 32.1. The minimum Gasteiger partial charge on any atom is -0.493 e. The number of thiophene rings is 1. The predicted octanol–water partition coefficient (Wildman–Crippen LogP) is 34.4. The van der Waals surface area contributed by atoms with E-state index in [4.69, 9.17) is 9.15 Å². The summed E-state index contributed by atoms with van der Waals surface area (Å²) in [6, 6.07) is 60.6. The first-order valence-electron chi connectivity index (χ1n) is 49.1. The van der Waals surface area contributed by atoms with Gasteiger partial charge in [-0.1, -0.05) is 330 Å². The molecule has 6 aromatic carbocycles. The van der Waals surface area contributed by atoms with E-state index in [0.29, 0.717) is 46.4 Å². The van der Waals surface area contributed by atoms with Crippen molar-refractivity contribution in [1.82, 2.24) is 29.7 Å². The molecule has 0 N–H and O–H groups in total. The molecule has 0 amide bonds. The molecule has 0 radical (unpaired) electrons. The minimum atomic E-state index is -0.344. The van der Waals surface area contributed by atoms with Crippen molar-refractivity contribution in [3.63, 3.8) is 0 Å². The van der Waals surface area contributed by atoms with Crippen LogP contribution in [0, 0.1) is 47.7 Å². The van der Waals surface area contributed by atoms with E-state index >= 15 is 0 Å². The number of ketones is 1. The maximum atomic E-state index is 13.1. The Morgan fingerprint density at radius 1 is 0.596 bits per heavy atom. The molecule has 11 nitrogen and oxygen atoms in total. The van der Waals surface area contributed by atoms with Gasteiger partial charge in [-0.05, 0) is 251 Å². The number of ether oxygens (including phenoxy) is 2. The summed E-state index contributed by atoms with van der Waals surface area (Å²) in [6.07, 6.45) is 22.9. The topological polar surface area (TPSA) is 135 Å². The normalized spacial score (nSPS) is 13.2. The van der Waals surface area contributed by atoms with E-state index in [0.717, 1.165) is 93.3 Å². The van der Waals surface area contributed by atoms with Gasteiger partial charge in [0, 0.05) is 68.5 Å². The van der Waals surface area contributed by atoms with Crippen LogP contribution in [-0.4, -0.2) is 55.2 Å². The summed E-state index contributed by atoms with van der Waals surface area (Å²) in [4.78, 5) is 45.2. The number of methoxy groups -OCH3 is 1. The number of para-hydroxylation sites is 3. The number of carbonyl (C=O) groups excluding carboxylic acids is 2. The number of furan rings is 1. The molecule has 1 atom stereocenters. The number of pyridine rings is 2. The highest BCUT2D eigenvalue weighted by molar-refractivity contribution is 7.18. The Morgan fingerprint density at radius 2 is 1.24 bits per heavy atom. The first-order chi connectivity index (χ1) is 63.3. The molecule has 15 rings (SSSR count). The van der Waals surface area contributed by atoms with Crippen molar-refractivity contribution in [3.05, 3.63) is 306 Å². The maximum absolute atomic E-state index is 13.1. The highest BCUT2D eigenvalue weighted by Gasteiger charge is 2.28. The molecule has 136 heavy (non-hydrogen) atoms. The molecule has 15 heteroatoms. The maximum Gasteiger partial charge on any atom is 0.339 e. The third kappa shape index (κ3) is 38.2. The number of aromatic nitrogens is 6. The number of nitrogens with zero attached hydrogens (tertiary/aromatic N) is 6. The Hall–Kier alpha value is -9.80. The number of hydrogen-bond donors (Lipinski definition) is 0. The van der Waals surface area contributed by atoms with Gasteiger partial charge >= 0.3 is 5.97 Å². The molecule has 2 aliphatic carbocycles. The van der Waals surface area contributed by atoms with Crippen LogP contribution in [-0.2, 0) is 80.5 Å². The van der Waals surface area contributed by atoms with Crippen LogP contribution in [0.1, 0.15) is 345 Å². The lowest BCUT2D eigenvalue weighted by Crippen LogP contribution is -2.17. The van der Waals surface area contributed by atoms with Gasteiger partial charge in [-0.2, -0.15) is 5.10 Å². The molecule has 1 unspecified atom stereocenters. The van der Waals surface area contributed by atoms with Crippen LogP contribution >= 0.6 is 34.0 Å². The first-order valence-corrected chi connectivity index (χ1v) is 51.5. The number of carbonyl (C=O) groups is 2. The fourth-order valence-corrected chi connectivity index (χ4v) is 18.6. The second-order valence-electron chi connectivity index (χ2n) is 46.7. The lowest BCUT2D eigenvalue weighted by Gasteiger charge is -2.20. The van der Waals surface area contributed by atoms with E-state index in [1.165, 1.54) is 118 Å². The van der Waals surface area contributed by atoms with Crippen LogP contribution in [0.2, 0.25) is 0 Å². The average molecular weight is 1900 g/mol. The van der Waals surface area contributed by atoms with Crippen LogP contribution < -0.4 is 4.74 Å². The molecule has 734 valence electrons. The van der Waals surface area contributed by atoms with Gasteiger partial charge in [-0.25, -0.2) is 23.8 Å². The van der Waals surface area contributed by atoms with E-state index < -0.39 is 0 Å². The van der Waals surface area contributed by atoms with Gasteiger partial charge in [0.25, 0.3) is 0 Å². The van der Waals surface area contributed by atoms with Crippen LogP contribution in [0.4, 0.5) is 4.39 Å². The summed E-state index contributed by atoms with van der Waals surface area (Å²) in [5.74, 6) is 3.22. The van der Waals surface area contributed by atoms with Crippen molar-refractivity contribution < 1.29 is 27.9 Å². The molecule has 0 fully saturated rings. The summed E-state index contributed by atoms with van der Waals surface area (Å²) >= 11 is 5.63. The summed E-state index contributed by atoms with van der Waals surface area (Å²) in [5.41, 5.74) is 20.5. The minimum absolute atomic E-state index is 0.00295. The van der Waals surface area contributed by atoms with E-state index in [9.17, 15) is 14.0 Å². The third-order valence-corrected chi connectivity index (χ3v) is 27.4. The summed E-state index contributed by atoms with van der Waals surface area (Å²) in [5, 5.41) is 7.98. The Labute approximate surface area is 831 Å². The van der Waals surface area contributed by atoms with Crippen molar-refractivity contribution >= 4 is 72.5 Å². The number of rotatable bonds is 15. The number of hydrogen-bond acceptors (Lipinski definition) is 13. The molecule has 7 heterocycles. The summed E-state index contributed by atoms with van der Waals surface area (Å²) in [7, 11) is 1.37. The fourth-order valence-electron chi connectivity index (χ4n) is 15.3. The summed E-state index contributed by atoms with van der Waals surface area (Å²) < 4.78 is 32.3. The second-order valence-corrected chi connectivity index (χ2v) is 49.9. The van der Waals surface area contributed by atoms with Gasteiger partial charge in [0.05, 0.1) is 57.3 Å². The first kappa shape index (κ1) is 113. The van der Waals surface area contributed by atoms with E-state index in [1.54, 1.807) is 49.2 Å². The number of Topliss-reactive ketones (excluding diaryl/α,β-unsaturated/α-hetero) is 1. The Balaban J connectivity index is 0.000000209. The van der Waals surface area contributed by atoms with Crippen LogP contribution in [0.3, 0.4) is 0 Å². The molecule has 0 saturated carbocycles. The van der Waals surface area contributed by atoms with Crippen molar-refractivity contribution in [2.45, 2.75) is 338 Å². The quantitative estimate of drug-likeness (QED) is 0.0913. The monoisotopic (exact) mass is 1900 g/mol. The van der Waals surface area contributed by atoms with Gasteiger partial charge < -0.3 is 13.9 Å². The van der Waals surface area contributed by atoms with Gasteiger partial charge in [-0.3, -0.25) is 14.8 Å². The molecule has 13 aromatic rings. The number of allylic oxidation sites excluding steroid dienone is 2. The lowest BCUT2D eigenvalue weighted by atomic mass is 9.85. The second kappa shape index (κ2) is 50.2. The zero-order valence-corrected chi connectivity index (χ0v) is 91.8. The molecule has 2 aliphatic rings. The number of thiazole rings is 2. The number of fused-ring (bicyclic) bond motifs is 4. The van der Waals surface area contributed by atoms with Gasteiger partial charge in [0.1, 0.15) is 33.7 Å². The van der Waals surface area contributed by atoms with Gasteiger partial charge in [0.2, 0.25) is 0 Å². The number of benzene rings is 6. The van der Waals surface area contributed by atoms with Crippen molar-refractivity contribution in [1.29, 1.82) is 0 Å². The van der Waals surface area contributed by atoms with E-state index in [2.05, 4.69) is 361 Å². The molecular formula is C121H165FN6O5S3. The van der Waals surface area contributed by atoms with E-state index in [-0.39, 0.29) is 44.3 Å². The smallest absolute Gasteiger partial charge is 0.339 e. The lowest BCUT2D eigenvalue weighted by molar-refractivity contribution is -0.119. The Morgan fingerprint density at radius 3 is 1.83 bits per heavy atom. The fraction of sp³-hybridized carbons (Fsp3) is 0.479. The SMILES string of the molecule is CC(C)(C)CCC1=CCc2ccccc21.CC(C)(C)CCCc1nc2ccccc2s1.CC(C)(C)c1ccn(-c2cccc(F)c2)n1.CC(C)CC(=O)Cc1cccc(C(C)(C)C)c1.CC1CCc2sc(C(C)(C)C)cc2C1.CCc1ccccc1OCC(C)(C)C.COC(=O)c1cncc(C(C)(C)C)c1.Cc1c(C(C)(C)C)oc2ccccc12.Cc1nc(-c2ccccn2)sc1C(C)(C)C. The number of esters is 1. The largest absolute Gasteiger partial charge is 0.493 e. The van der Waals surface area contributed by atoms with Gasteiger partial charge in [-0.15, -0.1) is 34.0 Å². The predicted molar refractivity (Wildman–Crippen MR) is 582 cm³/mol. The van der Waals surface area contributed by atoms with Crippen molar-refractivity contribution in [3.8, 4) is 22.1 Å². The molecule has 0 saturated heterocycles. The molecule has 0 bridgehead atoms. The Kier molecular flexibility index (Phi) is 41.8. The van der Waals surface area contributed by atoms with Crippen molar-refractivity contribution in [2.75, 3.05) is 13.7 Å². The molecule has 7 aromatic heterocycles. The number of halogens is 1. The van der Waals surface area contributed by atoms with Crippen molar-refractivity contribution in [2.24, 2.45) is 28.1 Å². The zero-order valence-electron chi connectivity index (χ0n) is 89.4. The highest BCUT2D eigenvalue weighted by Crippen LogP contribution is 2.41. The van der Waals surface area contributed by atoms with Gasteiger partial charge in [0.15, 0.2) is 0 Å². The zero-order chi connectivity index (χ0) is 101. The molecular weight excluding hydrogens is 1730 g/mol.